The maximum Gasteiger partial charge on any atom is 0.408 e. The van der Waals surface area contributed by atoms with Crippen molar-refractivity contribution in [3.8, 4) is 22.8 Å². The molecule has 5 atom stereocenters. The number of ether oxygens (including phenoxy) is 3. The number of hydrogen-bond acceptors (Lipinski definition) is 10. The molecule has 0 radical (unpaired) electrons. The molecule has 0 spiro atoms. The summed E-state index contributed by atoms with van der Waals surface area (Å²) in [6, 6.07) is 14.8. The maximum atomic E-state index is 14.8. The number of aromatic nitrogens is 1. The zero-order valence-electron chi connectivity index (χ0n) is 33.6. The SMILES string of the molecule is CC[C@@H]1C[C@]1(NC(=O)[C@@H]1C[C@@H](Oc2cc(-c3ccccc3)nc3cc(OC)ccc23)CN1C(=O)[C@H](CC1CCCCC1)NC(=O)OC(C)(C)C)C(=O)NS(C)(=O)=O. The first-order chi connectivity index (χ1) is 27.0. The number of rotatable bonds is 13. The summed E-state index contributed by atoms with van der Waals surface area (Å²) in [5.74, 6) is -0.917. The van der Waals surface area contributed by atoms with Crippen LogP contribution in [0.3, 0.4) is 0 Å². The van der Waals surface area contributed by atoms with Gasteiger partial charge in [-0.2, -0.15) is 0 Å². The van der Waals surface area contributed by atoms with E-state index in [4.69, 9.17) is 19.2 Å². The van der Waals surface area contributed by atoms with E-state index in [1.165, 1.54) is 4.90 Å². The van der Waals surface area contributed by atoms with Crippen molar-refractivity contribution in [1.29, 1.82) is 0 Å². The van der Waals surface area contributed by atoms with Crippen LogP contribution in [0.2, 0.25) is 0 Å². The van der Waals surface area contributed by atoms with Crippen LogP contribution in [0, 0.1) is 11.8 Å². The molecule has 3 aromatic rings. The fourth-order valence-electron chi connectivity index (χ4n) is 8.21. The molecule has 15 heteroatoms. The Labute approximate surface area is 334 Å². The van der Waals surface area contributed by atoms with Crippen LogP contribution in [-0.2, 0) is 29.1 Å². The van der Waals surface area contributed by atoms with Gasteiger partial charge in [-0.3, -0.25) is 19.1 Å². The van der Waals surface area contributed by atoms with E-state index in [1.54, 1.807) is 33.9 Å². The van der Waals surface area contributed by atoms with Crippen molar-refractivity contribution >= 4 is 44.7 Å². The largest absolute Gasteiger partial charge is 0.497 e. The fraction of sp³-hybridized carbons (Fsp3) is 0.548. The van der Waals surface area contributed by atoms with Crippen molar-refractivity contribution in [1.82, 2.24) is 25.2 Å². The highest BCUT2D eigenvalue weighted by Crippen LogP contribution is 2.46. The molecule has 6 rings (SSSR count). The molecule has 4 amide bonds. The summed E-state index contributed by atoms with van der Waals surface area (Å²) in [5.41, 5.74) is -0.131. The van der Waals surface area contributed by atoms with Gasteiger partial charge >= 0.3 is 6.09 Å². The lowest BCUT2D eigenvalue weighted by molar-refractivity contribution is -0.141. The van der Waals surface area contributed by atoms with Gasteiger partial charge in [-0.05, 0) is 57.6 Å². The summed E-state index contributed by atoms with van der Waals surface area (Å²) >= 11 is 0. The number of carbonyl (C=O) groups is 4. The predicted octanol–water partition coefficient (Wildman–Crippen LogP) is 5.48. The first kappa shape index (κ1) is 41.7. The van der Waals surface area contributed by atoms with Crippen LogP contribution >= 0.6 is 0 Å². The molecule has 1 aliphatic heterocycles. The number of alkyl carbamates (subject to hydrolysis) is 1. The van der Waals surface area contributed by atoms with Crippen LogP contribution in [0.4, 0.5) is 4.79 Å². The van der Waals surface area contributed by atoms with Gasteiger partial charge in [0.15, 0.2) is 0 Å². The van der Waals surface area contributed by atoms with E-state index in [0.29, 0.717) is 40.9 Å². The molecular weight excluding hydrogens is 751 g/mol. The zero-order chi connectivity index (χ0) is 41.1. The van der Waals surface area contributed by atoms with Crippen molar-refractivity contribution in [2.45, 2.75) is 115 Å². The van der Waals surface area contributed by atoms with Crippen molar-refractivity contribution in [3.05, 3.63) is 54.6 Å². The molecule has 14 nitrogen and oxygen atoms in total. The Balaban J connectivity index is 1.35. The van der Waals surface area contributed by atoms with Crippen LogP contribution < -0.4 is 24.8 Å². The van der Waals surface area contributed by atoms with E-state index < -0.39 is 63.2 Å². The molecular formula is C42H55N5O9S. The number of benzene rings is 2. The van der Waals surface area contributed by atoms with E-state index >= 15 is 0 Å². The number of hydrogen-bond donors (Lipinski definition) is 3. The molecule has 2 heterocycles. The summed E-state index contributed by atoms with van der Waals surface area (Å²) in [4.78, 5) is 62.2. The number of pyridine rings is 1. The van der Waals surface area contributed by atoms with Crippen molar-refractivity contribution in [2.75, 3.05) is 19.9 Å². The Morgan fingerprint density at radius 3 is 2.37 bits per heavy atom. The molecule has 57 heavy (non-hydrogen) atoms. The van der Waals surface area contributed by atoms with Gasteiger partial charge in [0.1, 0.15) is 40.8 Å². The van der Waals surface area contributed by atoms with Gasteiger partial charge < -0.3 is 29.7 Å². The standard InChI is InChI=1S/C42H55N5O9S/c1-7-28-24-42(28,39(50)46-57(6,52)53)45-37(48)35-22-30(25-47(35)38(49)34(20-26-14-10-8-11-15-26)44-40(51)56-41(2,3)4)55-36-23-32(27-16-12-9-13-17-27)43-33-21-29(54-5)18-19-31(33)36/h9,12-13,16-19,21,23,26,28,30,34-35H,7-8,10-11,14-15,20,22,24-25H2,1-6H3,(H,44,51)(H,45,48)(H,46,50)/t28-,30-,34+,35+,42-/m1/s1. The average Bonchev–Trinajstić information content (AvgIpc) is 3.72. The van der Waals surface area contributed by atoms with Gasteiger partial charge in [-0.1, -0.05) is 75.8 Å². The minimum atomic E-state index is -3.92. The van der Waals surface area contributed by atoms with E-state index in [1.807, 2.05) is 60.2 Å². The number of amides is 4. The third kappa shape index (κ3) is 10.2. The summed E-state index contributed by atoms with van der Waals surface area (Å²) < 4.78 is 44.0. The van der Waals surface area contributed by atoms with Gasteiger partial charge in [-0.25, -0.2) is 18.2 Å². The van der Waals surface area contributed by atoms with Crippen LogP contribution in [0.1, 0.15) is 85.5 Å². The number of nitrogens with one attached hydrogen (secondary N) is 3. The van der Waals surface area contributed by atoms with Crippen molar-refractivity contribution in [2.24, 2.45) is 11.8 Å². The Kier molecular flexibility index (Phi) is 12.4. The van der Waals surface area contributed by atoms with Crippen molar-refractivity contribution in [3.63, 3.8) is 0 Å². The summed E-state index contributed by atoms with van der Waals surface area (Å²) in [6.07, 6.45) is 5.62. The summed E-state index contributed by atoms with van der Waals surface area (Å²) in [6.45, 7) is 7.08. The highest BCUT2D eigenvalue weighted by Gasteiger charge is 2.61. The first-order valence-electron chi connectivity index (χ1n) is 19.8. The zero-order valence-corrected chi connectivity index (χ0v) is 34.4. The van der Waals surface area contributed by atoms with Gasteiger partial charge in [0.05, 0.1) is 31.1 Å². The summed E-state index contributed by atoms with van der Waals surface area (Å²) in [5, 5.41) is 6.39. The molecule has 3 aliphatic rings. The van der Waals surface area contributed by atoms with E-state index in [-0.39, 0.29) is 31.2 Å². The third-order valence-electron chi connectivity index (χ3n) is 11.1. The van der Waals surface area contributed by atoms with Crippen LogP contribution in [0.15, 0.2) is 54.6 Å². The number of fused-ring (bicyclic) bond motifs is 1. The molecule has 2 aliphatic carbocycles. The first-order valence-corrected chi connectivity index (χ1v) is 21.7. The van der Waals surface area contributed by atoms with Gasteiger partial charge in [-0.15, -0.1) is 0 Å². The molecule has 1 saturated heterocycles. The molecule has 2 aromatic carbocycles. The van der Waals surface area contributed by atoms with E-state index in [9.17, 15) is 27.6 Å². The lowest BCUT2D eigenvalue weighted by Crippen LogP contribution is -2.58. The second-order valence-electron chi connectivity index (χ2n) is 16.6. The second kappa shape index (κ2) is 16.9. The van der Waals surface area contributed by atoms with Crippen LogP contribution in [0.5, 0.6) is 11.5 Å². The Morgan fingerprint density at radius 1 is 1.02 bits per heavy atom. The fourth-order valence-corrected chi connectivity index (χ4v) is 8.73. The molecule has 3 fully saturated rings. The minimum Gasteiger partial charge on any atom is -0.497 e. The van der Waals surface area contributed by atoms with Crippen molar-refractivity contribution < 1.29 is 41.8 Å². The highest BCUT2D eigenvalue weighted by molar-refractivity contribution is 7.89. The second-order valence-corrected chi connectivity index (χ2v) is 18.4. The topological polar surface area (TPSA) is 182 Å². The van der Waals surface area contributed by atoms with Gasteiger partial charge in [0.25, 0.3) is 5.91 Å². The molecule has 0 bridgehead atoms. The Morgan fingerprint density at radius 2 is 1.74 bits per heavy atom. The quantitative estimate of drug-likeness (QED) is 0.200. The number of sulfonamides is 1. The maximum absolute atomic E-state index is 14.8. The average molecular weight is 806 g/mol. The summed E-state index contributed by atoms with van der Waals surface area (Å²) in [7, 11) is -2.34. The molecule has 2 saturated carbocycles. The molecule has 308 valence electrons. The smallest absolute Gasteiger partial charge is 0.408 e. The van der Waals surface area contributed by atoms with E-state index in [0.717, 1.165) is 43.9 Å². The van der Waals surface area contributed by atoms with Gasteiger partial charge in [0.2, 0.25) is 21.8 Å². The monoisotopic (exact) mass is 805 g/mol. The number of carbonyl (C=O) groups excluding carboxylic acids is 4. The molecule has 0 unspecified atom stereocenters. The Hall–Kier alpha value is -4.92. The lowest BCUT2D eigenvalue weighted by atomic mass is 9.84. The third-order valence-corrected chi connectivity index (χ3v) is 11.7. The number of methoxy groups -OCH3 is 1. The number of nitrogens with zero attached hydrogens (tertiary/aromatic N) is 2. The Bertz CT molecular complexity index is 2080. The van der Waals surface area contributed by atoms with E-state index in [2.05, 4.69) is 10.6 Å². The normalized spacial score (nSPS) is 23.0. The highest BCUT2D eigenvalue weighted by atomic mass is 32.2. The predicted molar refractivity (Wildman–Crippen MR) is 215 cm³/mol. The lowest BCUT2D eigenvalue weighted by Gasteiger charge is -2.32. The minimum absolute atomic E-state index is 0.00549. The molecule has 3 N–H and O–H groups in total. The van der Waals surface area contributed by atoms with Crippen LogP contribution in [-0.4, -0.2) is 91.4 Å². The van der Waals surface area contributed by atoms with Gasteiger partial charge in [0, 0.05) is 29.5 Å². The van der Waals surface area contributed by atoms with Crippen LogP contribution in [0.25, 0.3) is 22.2 Å². The number of likely N-dealkylation sites (tertiary alicyclic amines) is 1. The molecule has 1 aromatic heterocycles.